The maximum absolute atomic E-state index is 12.3. The van der Waals surface area contributed by atoms with Crippen LogP contribution in [0, 0.1) is 0 Å². The molecule has 0 saturated heterocycles. The van der Waals surface area contributed by atoms with Gasteiger partial charge in [-0.25, -0.2) is 4.98 Å². The van der Waals surface area contributed by atoms with Gasteiger partial charge in [0.05, 0.1) is 19.4 Å². The van der Waals surface area contributed by atoms with E-state index in [-0.39, 0.29) is 11.9 Å². The molecule has 0 fully saturated rings. The number of likely N-dealkylation sites (N-methyl/N-ethyl adjacent to an activating group) is 1. The topological polar surface area (TPSA) is 74.8 Å². The van der Waals surface area contributed by atoms with E-state index >= 15 is 0 Å². The summed E-state index contributed by atoms with van der Waals surface area (Å²) >= 11 is 0. The van der Waals surface area contributed by atoms with E-state index in [4.69, 9.17) is 8.83 Å². The first-order chi connectivity index (χ1) is 14.0. The predicted octanol–water partition coefficient (Wildman–Crippen LogP) is 3.32. The fourth-order valence-corrected chi connectivity index (χ4v) is 3.02. The van der Waals surface area contributed by atoms with Gasteiger partial charge in [0.1, 0.15) is 12.0 Å². The highest BCUT2D eigenvalue weighted by Crippen LogP contribution is 2.24. The number of nitrogens with one attached hydrogen (secondary N) is 1. The standard InChI is InChI=1S/C22H28N4O3/c1-17(18-8-5-4-6-9-18)26(14-19-10-7-13-28-19)15-21-24-20(16-29-21)22(27)23-11-12-25(2)3/h4-10,13,16-17H,11-12,14-15H2,1-3H3,(H,23,27). The fraction of sp³-hybridized carbons (Fsp3) is 0.364. The molecule has 1 aromatic carbocycles. The second-order valence-corrected chi connectivity index (χ2v) is 7.26. The SMILES string of the molecule is CC(c1ccccc1)N(Cc1ccco1)Cc1nc(C(=O)NCCN(C)C)co1. The largest absolute Gasteiger partial charge is 0.468 e. The van der Waals surface area contributed by atoms with E-state index in [1.807, 2.05) is 49.3 Å². The molecule has 3 rings (SSSR count). The number of oxazole rings is 1. The van der Waals surface area contributed by atoms with Crippen LogP contribution in [0.5, 0.6) is 0 Å². The average Bonchev–Trinajstić information content (AvgIpc) is 3.39. The van der Waals surface area contributed by atoms with Crippen molar-refractivity contribution in [2.45, 2.75) is 26.1 Å². The molecule has 2 heterocycles. The average molecular weight is 396 g/mol. The van der Waals surface area contributed by atoms with Gasteiger partial charge in [-0.15, -0.1) is 0 Å². The molecule has 2 aromatic heterocycles. The van der Waals surface area contributed by atoms with Crippen LogP contribution in [0.4, 0.5) is 0 Å². The van der Waals surface area contributed by atoms with Crippen LogP contribution >= 0.6 is 0 Å². The second-order valence-electron chi connectivity index (χ2n) is 7.26. The first kappa shape index (κ1) is 20.8. The van der Waals surface area contributed by atoms with Gasteiger partial charge in [0.15, 0.2) is 5.69 Å². The third-order valence-electron chi connectivity index (χ3n) is 4.74. The molecule has 0 bridgehead atoms. The summed E-state index contributed by atoms with van der Waals surface area (Å²) in [5.74, 6) is 1.13. The molecule has 154 valence electrons. The van der Waals surface area contributed by atoms with Crippen molar-refractivity contribution >= 4 is 5.91 Å². The molecule has 7 nitrogen and oxygen atoms in total. The summed E-state index contributed by atoms with van der Waals surface area (Å²) in [5.41, 5.74) is 1.48. The Morgan fingerprint density at radius 3 is 2.59 bits per heavy atom. The smallest absolute Gasteiger partial charge is 0.273 e. The Morgan fingerprint density at radius 1 is 1.10 bits per heavy atom. The van der Waals surface area contributed by atoms with Gasteiger partial charge in [0.25, 0.3) is 5.91 Å². The van der Waals surface area contributed by atoms with E-state index in [1.165, 1.54) is 11.8 Å². The molecule has 29 heavy (non-hydrogen) atoms. The number of furan rings is 1. The lowest BCUT2D eigenvalue weighted by atomic mass is 10.1. The van der Waals surface area contributed by atoms with Gasteiger partial charge < -0.3 is 19.1 Å². The Hall–Kier alpha value is -2.90. The zero-order valence-corrected chi connectivity index (χ0v) is 17.2. The molecule has 0 aliphatic rings. The van der Waals surface area contributed by atoms with Gasteiger partial charge >= 0.3 is 0 Å². The quantitative estimate of drug-likeness (QED) is 0.567. The summed E-state index contributed by atoms with van der Waals surface area (Å²) in [5, 5.41) is 2.85. The number of benzene rings is 1. The van der Waals surface area contributed by atoms with Crippen molar-refractivity contribution in [2.75, 3.05) is 27.2 Å². The third kappa shape index (κ3) is 6.04. The van der Waals surface area contributed by atoms with Crippen molar-refractivity contribution in [3.63, 3.8) is 0 Å². The second kappa shape index (κ2) is 10.0. The Kier molecular flexibility index (Phi) is 7.21. The Morgan fingerprint density at radius 2 is 1.90 bits per heavy atom. The Bertz CT molecular complexity index is 875. The van der Waals surface area contributed by atoms with Crippen molar-refractivity contribution < 1.29 is 13.6 Å². The van der Waals surface area contributed by atoms with E-state index in [0.717, 1.165) is 12.3 Å². The molecule has 0 aliphatic carbocycles. The van der Waals surface area contributed by atoms with Crippen LogP contribution in [-0.2, 0) is 13.1 Å². The van der Waals surface area contributed by atoms with Gasteiger partial charge in [-0.1, -0.05) is 30.3 Å². The van der Waals surface area contributed by atoms with E-state index in [0.29, 0.717) is 31.2 Å². The molecule has 0 radical (unpaired) electrons. The van der Waals surface area contributed by atoms with Crippen molar-refractivity contribution in [1.82, 2.24) is 20.1 Å². The number of hydrogen-bond donors (Lipinski definition) is 1. The van der Waals surface area contributed by atoms with Crippen LogP contribution in [0.2, 0.25) is 0 Å². The number of hydrogen-bond acceptors (Lipinski definition) is 6. The minimum absolute atomic E-state index is 0.116. The number of carbonyl (C=O) groups is 1. The molecule has 1 amide bonds. The molecule has 1 atom stereocenters. The molecule has 7 heteroatoms. The molecule has 0 saturated carbocycles. The Labute approximate surface area is 171 Å². The van der Waals surface area contributed by atoms with Gasteiger partial charge in [-0.05, 0) is 38.7 Å². The molecular formula is C22H28N4O3. The highest BCUT2D eigenvalue weighted by atomic mass is 16.3. The van der Waals surface area contributed by atoms with Crippen LogP contribution < -0.4 is 5.32 Å². The summed E-state index contributed by atoms with van der Waals surface area (Å²) in [7, 11) is 3.92. The van der Waals surface area contributed by atoms with Gasteiger partial charge in [0, 0.05) is 19.1 Å². The summed E-state index contributed by atoms with van der Waals surface area (Å²) in [6.45, 7) is 4.53. The van der Waals surface area contributed by atoms with Gasteiger partial charge in [0.2, 0.25) is 5.89 Å². The lowest BCUT2D eigenvalue weighted by Crippen LogP contribution is -2.31. The van der Waals surface area contributed by atoms with Crippen LogP contribution in [0.1, 0.15) is 40.7 Å². The molecule has 0 aliphatic heterocycles. The monoisotopic (exact) mass is 396 g/mol. The number of rotatable bonds is 10. The van der Waals surface area contributed by atoms with Crippen LogP contribution in [0.15, 0.2) is 63.8 Å². The lowest BCUT2D eigenvalue weighted by Gasteiger charge is -2.27. The van der Waals surface area contributed by atoms with E-state index in [9.17, 15) is 4.79 Å². The highest BCUT2D eigenvalue weighted by molar-refractivity contribution is 5.91. The maximum Gasteiger partial charge on any atom is 0.273 e. The fourth-order valence-electron chi connectivity index (χ4n) is 3.02. The third-order valence-corrected chi connectivity index (χ3v) is 4.74. The highest BCUT2D eigenvalue weighted by Gasteiger charge is 2.21. The summed E-state index contributed by atoms with van der Waals surface area (Å²) in [4.78, 5) is 20.9. The lowest BCUT2D eigenvalue weighted by molar-refractivity contribution is 0.0946. The van der Waals surface area contributed by atoms with Crippen LogP contribution in [-0.4, -0.2) is 47.9 Å². The van der Waals surface area contributed by atoms with Crippen molar-refractivity contribution in [3.05, 3.63) is 77.9 Å². The molecule has 1 unspecified atom stereocenters. The number of nitrogens with zero attached hydrogens (tertiary/aromatic N) is 3. The molecule has 3 aromatic rings. The number of aromatic nitrogens is 1. The Balaban J connectivity index is 1.69. The van der Waals surface area contributed by atoms with Crippen molar-refractivity contribution in [1.29, 1.82) is 0 Å². The summed E-state index contributed by atoms with van der Waals surface area (Å²) in [6.07, 6.45) is 3.08. The minimum atomic E-state index is -0.226. The summed E-state index contributed by atoms with van der Waals surface area (Å²) < 4.78 is 11.1. The van der Waals surface area contributed by atoms with Crippen LogP contribution in [0.25, 0.3) is 0 Å². The number of carbonyl (C=O) groups excluding carboxylic acids is 1. The zero-order chi connectivity index (χ0) is 20.6. The van der Waals surface area contributed by atoms with E-state index in [1.54, 1.807) is 6.26 Å². The normalized spacial score (nSPS) is 12.4. The summed E-state index contributed by atoms with van der Waals surface area (Å²) in [6, 6.07) is 14.2. The van der Waals surface area contributed by atoms with E-state index < -0.39 is 0 Å². The van der Waals surface area contributed by atoms with Gasteiger partial charge in [-0.2, -0.15) is 0 Å². The van der Waals surface area contributed by atoms with E-state index in [2.05, 4.69) is 34.3 Å². The zero-order valence-electron chi connectivity index (χ0n) is 17.2. The predicted molar refractivity (Wildman–Crippen MR) is 110 cm³/mol. The number of amides is 1. The molecular weight excluding hydrogens is 368 g/mol. The molecule has 1 N–H and O–H groups in total. The van der Waals surface area contributed by atoms with Gasteiger partial charge in [-0.3, -0.25) is 9.69 Å². The van der Waals surface area contributed by atoms with Crippen molar-refractivity contribution in [3.8, 4) is 0 Å². The maximum atomic E-state index is 12.3. The minimum Gasteiger partial charge on any atom is -0.468 e. The van der Waals surface area contributed by atoms with Crippen molar-refractivity contribution in [2.24, 2.45) is 0 Å². The first-order valence-corrected chi connectivity index (χ1v) is 9.71. The molecule has 0 spiro atoms. The van der Waals surface area contributed by atoms with Crippen LogP contribution in [0.3, 0.4) is 0 Å². The first-order valence-electron chi connectivity index (χ1n) is 9.71.